The van der Waals surface area contributed by atoms with Crippen molar-refractivity contribution >= 4 is 32.5 Å². The molecule has 0 bridgehead atoms. The maximum Gasteiger partial charge on any atom is 0.194 e. The predicted molar refractivity (Wildman–Crippen MR) is 67.0 cm³/mol. The Bertz CT molecular complexity index is 683. The van der Waals surface area contributed by atoms with Crippen molar-refractivity contribution < 1.29 is 8.42 Å². The highest BCUT2D eigenvalue weighted by molar-refractivity contribution is 7.90. The second-order valence-corrected chi connectivity index (χ2v) is 6.10. The minimum Gasteiger partial charge on any atom is -0.248 e. The van der Waals surface area contributed by atoms with Gasteiger partial charge < -0.3 is 0 Å². The van der Waals surface area contributed by atoms with Gasteiger partial charge in [-0.05, 0) is 24.6 Å². The number of rotatable bonds is 2. The van der Waals surface area contributed by atoms with Crippen molar-refractivity contribution in [3.05, 3.63) is 28.9 Å². The van der Waals surface area contributed by atoms with Crippen LogP contribution in [0.2, 0.25) is 5.02 Å². The molecule has 90 valence electrons. The maximum absolute atomic E-state index is 11.6. The zero-order valence-corrected chi connectivity index (χ0v) is 11.0. The van der Waals surface area contributed by atoms with Crippen molar-refractivity contribution in [2.45, 2.75) is 18.4 Å². The van der Waals surface area contributed by atoms with Crippen molar-refractivity contribution in [1.29, 1.82) is 0 Å². The van der Waals surface area contributed by atoms with Gasteiger partial charge in [0.2, 0.25) is 0 Å². The fourth-order valence-corrected chi connectivity index (χ4v) is 2.62. The van der Waals surface area contributed by atoms with Gasteiger partial charge in [-0.25, -0.2) is 18.4 Å². The molecule has 0 aliphatic carbocycles. The first-order valence-corrected chi connectivity index (χ1v) is 7.35. The van der Waals surface area contributed by atoms with E-state index in [4.69, 9.17) is 11.6 Å². The number of hydrogen-bond acceptors (Lipinski definition) is 4. The first kappa shape index (κ1) is 12.3. The lowest BCUT2D eigenvalue weighted by Crippen LogP contribution is -2.07. The fraction of sp³-hybridized carbons (Fsp3) is 0.273. The minimum atomic E-state index is -3.35. The third-order valence-electron chi connectivity index (χ3n) is 2.35. The Morgan fingerprint density at radius 1 is 1.24 bits per heavy atom. The molecule has 0 saturated heterocycles. The van der Waals surface area contributed by atoms with Crippen molar-refractivity contribution in [2.75, 3.05) is 6.26 Å². The zero-order chi connectivity index (χ0) is 12.6. The molecule has 0 unspecified atom stereocenters. The average molecular weight is 271 g/mol. The average Bonchev–Trinajstić information content (AvgIpc) is 2.25. The molecule has 0 N–H and O–H groups in total. The predicted octanol–water partition coefficient (Wildman–Crippen LogP) is 2.25. The van der Waals surface area contributed by atoms with E-state index >= 15 is 0 Å². The Morgan fingerprint density at radius 3 is 2.53 bits per heavy atom. The summed E-state index contributed by atoms with van der Waals surface area (Å²) >= 11 is 5.86. The molecular weight excluding hydrogens is 260 g/mol. The van der Waals surface area contributed by atoms with Crippen LogP contribution in [-0.4, -0.2) is 24.6 Å². The molecule has 0 fully saturated rings. The van der Waals surface area contributed by atoms with E-state index in [0.29, 0.717) is 28.2 Å². The van der Waals surface area contributed by atoms with Gasteiger partial charge >= 0.3 is 0 Å². The number of aromatic nitrogens is 2. The van der Waals surface area contributed by atoms with Crippen molar-refractivity contribution in [2.24, 2.45) is 0 Å². The number of nitrogens with zero attached hydrogens (tertiary/aromatic N) is 2. The van der Waals surface area contributed by atoms with Gasteiger partial charge in [0.1, 0.15) is 0 Å². The first-order chi connectivity index (χ1) is 7.91. The SMILES string of the molecule is CCc1nc2cc(Cl)ccc2nc1S(C)(=O)=O. The number of benzene rings is 1. The van der Waals surface area contributed by atoms with Crippen LogP contribution in [-0.2, 0) is 16.3 Å². The fourth-order valence-electron chi connectivity index (χ4n) is 1.58. The summed E-state index contributed by atoms with van der Waals surface area (Å²) in [4.78, 5) is 8.44. The molecule has 0 spiro atoms. The summed E-state index contributed by atoms with van der Waals surface area (Å²) in [5.74, 6) is 0. The Hall–Kier alpha value is -1.20. The van der Waals surface area contributed by atoms with Crippen LogP contribution in [0.25, 0.3) is 11.0 Å². The molecule has 6 heteroatoms. The molecule has 17 heavy (non-hydrogen) atoms. The van der Waals surface area contributed by atoms with Gasteiger partial charge in [-0.3, -0.25) is 0 Å². The molecule has 1 aromatic carbocycles. The third kappa shape index (κ3) is 2.40. The molecule has 2 rings (SSSR count). The quantitative estimate of drug-likeness (QED) is 0.840. The van der Waals surface area contributed by atoms with Crippen molar-refractivity contribution in [1.82, 2.24) is 9.97 Å². The molecule has 0 aliphatic heterocycles. The van der Waals surface area contributed by atoms with E-state index in [9.17, 15) is 8.42 Å². The Kier molecular flexibility index (Phi) is 3.05. The zero-order valence-electron chi connectivity index (χ0n) is 9.44. The monoisotopic (exact) mass is 270 g/mol. The second-order valence-electron chi connectivity index (χ2n) is 3.73. The van der Waals surface area contributed by atoms with Gasteiger partial charge in [0.15, 0.2) is 14.9 Å². The summed E-state index contributed by atoms with van der Waals surface area (Å²) < 4.78 is 23.2. The van der Waals surface area contributed by atoms with E-state index in [0.717, 1.165) is 6.26 Å². The van der Waals surface area contributed by atoms with Crippen LogP contribution in [0.4, 0.5) is 0 Å². The Morgan fingerprint density at radius 2 is 1.94 bits per heavy atom. The van der Waals surface area contributed by atoms with Crippen LogP contribution in [0, 0.1) is 0 Å². The summed E-state index contributed by atoms with van der Waals surface area (Å²) in [6, 6.07) is 5.00. The Balaban J connectivity index is 2.83. The lowest BCUT2D eigenvalue weighted by atomic mass is 10.3. The minimum absolute atomic E-state index is 0.0508. The smallest absolute Gasteiger partial charge is 0.194 e. The van der Waals surface area contributed by atoms with E-state index in [1.165, 1.54) is 0 Å². The normalized spacial score (nSPS) is 11.9. The summed E-state index contributed by atoms with van der Waals surface area (Å²) in [5, 5.41) is 0.607. The van der Waals surface area contributed by atoms with E-state index < -0.39 is 9.84 Å². The highest BCUT2D eigenvalue weighted by Crippen LogP contribution is 2.20. The summed E-state index contributed by atoms with van der Waals surface area (Å²) in [7, 11) is -3.35. The lowest BCUT2D eigenvalue weighted by Gasteiger charge is -2.06. The molecule has 0 saturated carbocycles. The molecule has 0 atom stereocenters. The van der Waals surface area contributed by atoms with E-state index in [-0.39, 0.29) is 5.03 Å². The number of sulfone groups is 1. The molecule has 0 radical (unpaired) electrons. The van der Waals surface area contributed by atoms with Gasteiger partial charge in [-0.1, -0.05) is 18.5 Å². The lowest BCUT2D eigenvalue weighted by molar-refractivity contribution is 0.596. The number of hydrogen-bond donors (Lipinski definition) is 0. The molecule has 1 aromatic heterocycles. The van der Waals surface area contributed by atoms with Crippen molar-refractivity contribution in [3.8, 4) is 0 Å². The summed E-state index contributed by atoms with van der Waals surface area (Å²) in [5.41, 5.74) is 1.62. The van der Waals surface area contributed by atoms with Gasteiger partial charge in [-0.15, -0.1) is 0 Å². The molecule has 0 aliphatic rings. The third-order valence-corrected chi connectivity index (χ3v) is 3.61. The van der Waals surface area contributed by atoms with Crippen LogP contribution < -0.4 is 0 Å². The van der Waals surface area contributed by atoms with Gasteiger partial charge in [0.05, 0.1) is 16.7 Å². The Labute approximate surface area is 105 Å². The van der Waals surface area contributed by atoms with E-state index in [2.05, 4.69) is 9.97 Å². The maximum atomic E-state index is 11.6. The molecule has 4 nitrogen and oxygen atoms in total. The number of fused-ring (bicyclic) bond motifs is 1. The van der Waals surface area contributed by atoms with Gasteiger partial charge in [-0.2, -0.15) is 0 Å². The molecule has 0 amide bonds. The van der Waals surface area contributed by atoms with Crippen molar-refractivity contribution in [3.63, 3.8) is 0 Å². The summed E-state index contributed by atoms with van der Waals surface area (Å²) in [6.07, 6.45) is 1.65. The standard InChI is InChI=1S/C11H11ClN2O2S/c1-3-8-11(17(2,15)16)14-9-5-4-7(12)6-10(9)13-8/h4-6H,3H2,1-2H3. The van der Waals surface area contributed by atoms with Crippen LogP contribution in [0.5, 0.6) is 0 Å². The summed E-state index contributed by atoms with van der Waals surface area (Å²) in [6.45, 7) is 1.84. The largest absolute Gasteiger partial charge is 0.248 e. The second kappa shape index (κ2) is 4.23. The van der Waals surface area contributed by atoms with E-state index in [1.807, 2.05) is 6.92 Å². The van der Waals surface area contributed by atoms with E-state index in [1.54, 1.807) is 18.2 Å². The molecule has 1 heterocycles. The highest BCUT2D eigenvalue weighted by Gasteiger charge is 2.16. The molecule has 2 aromatic rings. The number of aryl methyl sites for hydroxylation is 1. The van der Waals surface area contributed by atoms with Crippen LogP contribution in [0.15, 0.2) is 23.2 Å². The van der Waals surface area contributed by atoms with Crippen LogP contribution >= 0.6 is 11.6 Å². The number of halogens is 1. The van der Waals surface area contributed by atoms with Gasteiger partial charge in [0.25, 0.3) is 0 Å². The molecular formula is C11H11ClN2O2S. The topological polar surface area (TPSA) is 59.9 Å². The van der Waals surface area contributed by atoms with Gasteiger partial charge in [0, 0.05) is 11.3 Å². The first-order valence-electron chi connectivity index (χ1n) is 5.08. The van der Waals surface area contributed by atoms with Crippen LogP contribution in [0.1, 0.15) is 12.6 Å². The van der Waals surface area contributed by atoms with Crippen LogP contribution in [0.3, 0.4) is 0 Å². The highest BCUT2D eigenvalue weighted by atomic mass is 35.5.